The number of ether oxygens (including phenoxy) is 1. The van der Waals surface area contributed by atoms with Crippen molar-refractivity contribution in [3.05, 3.63) is 63.7 Å². The van der Waals surface area contributed by atoms with Crippen LogP contribution in [0.1, 0.15) is 34.0 Å². The fraction of sp³-hybridized carbons (Fsp3) is 0.263. The molecule has 0 spiro atoms. The summed E-state index contributed by atoms with van der Waals surface area (Å²) in [5.41, 5.74) is 2.46. The number of fused-ring (bicyclic) bond motifs is 1. The molecule has 0 aromatic heterocycles. The van der Waals surface area contributed by atoms with Crippen LogP contribution < -0.4 is 5.32 Å². The molecule has 1 heterocycles. The summed E-state index contributed by atoms with van der Waals surface area (Å²) in [7, 11) is 0. The number of anilines is 1. The van der Waals surface area contributed by atoms with Gasteiger partial charge >= 0.3 is 5.97 Å². The van der Waals surface area contributed by atoms with Crippen molar-refractivity contribution >= 4 is 29.2 Å². The standard InChI is InChI=1S/C19H18ClNO3/c1-11-8-12(2)16(15(20)9-11)21-18(23)19(3)10-13-6-4-5-7-14(13)17(22)24-19/h4-9H,10H2,1-3H3,(H,21,23). The van der Waals surface area contributed by atoms with E-state index in [1.54, 1.807) is 25.1 Å². The average molecular weight is 344 g/mol. The quantitative estimate of drug-likeness (QED) is 0.836. The zero-order chi connectivity index (χ0) is 17.5. The number of rotatable bonds is 2. The van der Waals surface area contributed by atoms with Crippen LogP contribution in [0.2, 0.25) is 5.02 Å². The van der Waals surface area contributed by atoms with E-state index in [-0.39, 0.29) is 5.91 Å². The predicted octanol–water partition coefficient (Wildman–Crippen LogP) is 4.07. The first-order chi connectivity index (χ1) is 11.3. The van der Waals surface area contributed by atoms with Gasteiger partial charge in [0.25, 0.3) is 5.91 Å². The summed E-state index contributed by atoms with van der Waals surface area (Å²) in [6.07, 6.45) is 0.323. The molecule has 1 aliphatic rings. The summed E-state index contributed by atoms with van der Waals surface area (Å²) in [6, 6.07) is 10.9. The normalized spacial score (nSPS) is 19.4. The number of benzene rings is 2. The van der Waals surface area contributed by atoms with Crippen LogP contribution in [0.25, 0.3) is 0 Å². The van der Waals surface area contributed by atoms with Crippen molar-refractivity contribution in [3.63, 3.8) is 0 Å². The first kappa shape index (κ1) is 16.5. The minimum Gasteiger partial charge on any atom is -0.445 e. The molecule has 1 amide bonds. The summed E-state index contributed by atoms with van der Waals surface area (Å²) < 4.78 is 5.44. The third kappa shape index (κ3) is 2.89. The Labute approximate surface area is 145 Å². The smallest absolute Gasteiger partial charge is 0.339 e. The molecular weight excluding hydrogens is 326 g/mol. The molecule has 0 aliphatic carbocycles. The number of hydrogen-bond donors (Lipinski definition) is 1. The van der Waals surface area contributed by atoms with Crippen LogP contribution in [-0.4, -0.2) is 17.5 Å². The average Bonchev–Trinajstić information content (AvgIpc) is 2.50. The van der Waals surface area contributed by atoms with Crippen LogP contribution in [0.3, 0.4) is 0 Å². The Hall–Kier alpha value is -2.33. The van der Waals surface area contributed by atoms with Crippen LogP contribution in [0.4, 0.5) is 5.69 Å². The number of halogens is 1. The molecule has 124 valence electrons. The lowest BCUT2D eigenvalue weighted by atomic mass is 9.89. The lowest BCUT2D eigenvalue weighted by Gasteiger charge is -2.33. The Bertz CT molecular complexity index is 823. The molecular formula is C19H18ClNO3. The van der Waals surface area contributed by atoms with E-state index in [0.29, 0.717) is 22.7 Å². The molecule has 1 unspecified atom stereocenters. The summed E-state index contributed by atoms with van der Waals surface area (Å²) in [5, 5.41) is 3.28. The van der Waals surface area contributed by atoms with Crippen molar-refractivity contribution in [2.24, 2.45) is 0 Å². The van der Waals surface area contributed by atoms with Crippen molar-refractivity contribution in [1.29, 1.82) is 0 Å². The maximum absolute atomic E-state index is 12.8. The summed E-state index contributed by atoms with van der Waals surface area (Å²) in [5.74, 6) is -0.875. The number of carbonyl (C=O) groups excluding carboxylic acids is 2. The molecule has 0 saturated carbocycles. The summed E-state index contributed by atoms with van der Waals surface area (Å²) >= 11 is 6.25. The first-order valence-corrected chi connectivity index (χ1v) is 8.07. The molecule has 2 aromatic rings. The lowest BCUT2D eigenvalue weighted by molar-refractivity contribution is -0.134. The zero-order valence-corrected chi connectivity index (χ0v) is 14.5. The highest BCUT2D eigenvalue weighted by atomic mass is 35.5. The van der Waals surface area contributed by atoms with Gasteiger partial charge in [0.15, 0.2) is 5.60 Å². The Morgan fingerprint density at radius 1 is 1.25 bits per heavy atom. The third-order valence-electron chi connectivity index (χ3n) is 4.23. The Balaban J connectivity index is 1.90. The van der Waals surface area contributed by atoms with Gasteiger partial charge in [-0.15, -0.1) is 0 Å². The maximum atomic E-state index is 12.8. The molecule has 1 atom stereocenters. The van der Waals surface area contributed by atoms with Crippen molar-refractivity contribution in [2.45, 2.75) is 32.8 Å². The van der Waals surface area contributed by atoms with Crippen molar-refractivity contribution in [3.8, 4) is 0 Å². The van der Waals surface area contributed by atoms with Crippen molar-refractivity contribution in [2.75, 3.05) is 5.32 Å². The minimum atomic E-state index is -1.27. The number of nitrogens with one attached hydrogen (secondary N) is 1. The highest BCUT2D eigenvalue weighted by Gasteiger charge is 2.42. The van der Waals surface area contributed by atoms with Gasteiger partial charge in [-0.2, -0.15) is 0 Å². The van der Waals surface area contributed by atoms with Crippen molar-refractivity contribution in [1.82, 2.24) is 0 Å². The second-order valence-corrected chi connectivity index (χ2v) is 6.75. The van der Waals surface area contributed by atoms with Crippen LogP contribution >= 0.6 is 11.6 Å². The van der Waals surface area contributed by atoms with E-state index in [1.807, 2.05) is 32.0 Å². The van der Waals surface area contributed by atoms with E-state index < -0.39 is 11.6 Å². The summed E-state index contributed by atoms with van der Waals surface area (Å²) in [4.78, 5) is 25.0. The molecule has 0 radical (unpaired) electrons. The third-order valence-corrected chi connectivity index (χ3v) is 4.53. The van der Waals surface area contributed by atoms with Gasteiger partial charge in [-0.05, 0) is 49.6 Å². The summed E-state index contributed by atoms with van der Waals surface area (Å²) in [6.45, 7) is 5.43. The van der Waals surface area contributed by atoms with Gasteiger partial charge in [0.2, 0.25) is 0 Å². The number of carbonyl (C=O) groups is 2. The molecule has 0 bridgehead atoms. The van der Waals surface area contributed by atoms with Gasteiger partial charge in [0.1, 0.15) is 0 Å². The predicted molar refractivity (Wildman–Crippen MR) is 93.5 cm³/mol. The molecule has 24 heavy (non-hydrogen) atoms. The maximum Gasteiger partial charge on any atom is 0.339 e. The number of amides is 1. The van der Waals surface area contributed by atoms with Gasteiger partial charge in [-0.25, -0.2) is 4.79 Å². The molecule has 3 rings (SSSR count). The van der Waals surface area contributed by atoms with Crippen LogP contribution in [0, 0.1) is 13.8 Å². The Morgan fingerprint density at radius 3 is 2.67 bits per heavy atom. The number of esters is 1. The molecule has 4 nitrogen and oxygen atoms in total. The van der Waals surface area contributed by atoms with E-state index in [0.717, 1.165) is 16.7 Å². The fourth-order valence-corrected chi connectivity index (χ4v) is 3.35. The van der Waals surface area contributed by atoms with Gasteiger partial charge in [-0.3, -0.25) is 4.79 Å². The molecule has 1 aliphatic heterocycles. The number of cyclic esters (lactones) is 1. The fourth-order valence-electron chi connectivity index (χ4n) is 2.98. The number of aryl methyl sites for hydroxylation is 2. The Kier molecular flexibility index (Phi) is 4.10. The highest BCUT2D eigenvalue weighted by Crippen LogP contribution is 2.32. The lowest BCUT2D eigenvalue weighted by Crippen LogP contribution is -2.49. The second-order valence-electron chi connectivity index (χ2n) is 6.35. The van der Waals surface area contributed by atoms with Gasteiger partial charge in [0, 0.05) is 6.42 Å². The first-order valence-electron chi connectivity index (χ1n) is 7.69. The highest BCUT2D eigenvalue weighted by molar-refractivity contribution is 6.34. The van der Waals surface area contributed by atoms with E-state index in [4.69, 9.17) is 16.3 Å². The molecule has 1 N–H and O–H groups in total. The Morgan fingerprint density at radius 2 is 1.96 bits per heavy atom. The number of hydrogen-bond acceptors (Lipinski definition) is 3. The molecule has 5 heteroatoms. The van der Waals surface area contributed by atoms with Crippen molar-refractivity contribution < 1.29 is 14.3 Å². The van der Waals surface area contributed by atoms with E-state index >= 15 is 0 Å². The largest absolute Gasteiger partial charge is 0.445 e. The van der Waals surface area contributed by atoms with Crippen LogP contribution in [0.15, 0.2) is 36.4 Å². The van der Waals surface area contributed by atoms with Crippen LogP contribution in [0.5, 0.6) is 0 Å². The minimum absolute atomic E-state index is 0.323. The second kappa shape index (κ2) is 5.95. The molecule has 0 fully saturated rings. The van der Waals surface area contributed by atoms with E-state index in [9.17, 15) is 9.59 Å². The van der Waals surface area contributed by atoms with Crippen LogP contribution in [-0.2, 0) is 16.0 Å². The van der Waals surface area contributed by atoms with Gasteiger partial charge < -0.3 is 10.1 Å². The van der Waals surface area contributed by atoms with Gasteiger partial charge in [0.05, 0.1) is 16.3 Å². The zero-order valence-electron chi connectivity index (χ0n) is 13.8. The van der Waals surface area contributed by atoms with Gasteiger partial charge in [-0.1, -0.05) is 35.9 Å². The molecule has 2 aromatic carbocycles. The van der Waals surface area contributed by atoms with E-state index in [1.165, 1.54) is 0 Å². The monoisotopic (exact) mass is 343 g/mol. The van der Waals surface area contributed by atoms with E-state index in [2.05, 4.69) is 5.32 Å². The molecule has 0 saturated heterocycles. The topological polar surface area (TPSA) is 55.4 Å². The SMILES string of the molecule is Cc1cc(C)c(NC(=O)C2(C)Cc3ccccc3C(=O)O2)c(Cl)c1.